The maximum atomic E-state index is 12.6. The number of para-hydroxylation sites is 1. The largest absolute Gasteiger partial charge is 0.480 e. The number of hydrogen-bond acceptors (Lipinski definition) is 5. The third-order valence-electron chi connectivity index (χ3n) is 5.82. The maximum absolute atomic E-state index is 12.6. The second kappa shape index (κ2) is 11.4. The predicted octanol–water partition coefficient (Wildman–Crippen LogP) is 4.25. The van der Waals surface area contributed by atoms with Crippen molar-refractivity contribution >= 4 is 17.6 Å². The molecular weight excluding hydrogens is 430 g/mol. The van der Waals surface area contributed by atoms with Gasteiger partial charge in [0.1, 0.15) is 17.5 Å². The Hall–Kier alpha value is -3.68. The zero-order valence-electron chi connectivity index (χ0n) is 19.0. The van der Waals surface area contributed by atoms with E-state index in [-0.39, 0.29) is 12.5 Å². The number of carboxylic acid groups (broad SMARTS) is 1. The van der Waals surface area contributed by atoms with Crippen molar-refractivity contribution in [1.82, 2.24) is 9.80 Å². The first-order valence-electron chi connectivity index (χ1n) is 11.5. The van der Waals surface area contributed by atoms with Gasteiger partial charge in [0, 0.05) is 25.3 Å². The number of anilines is 1. The van der Waals surface area contributed by atoms with Gasteiger partial charge in [-0.15, -0.1) is 0 Å². The molecule has 1 saturated heterocycles. The number of hydrogen-bond donors (Lipinski definition) is 2. The standard InChI is InChI=1S/C27H29N3O4/c31-25(28-22-12-14-24(15-13-22)34-23-10-5-2-6-11-23)20-29-16-7-17-30(19-18-29)26(27(32)33)21-8-3-1-4-9-21/h1-6,8-15,26H,7,16-20H2,(H,28,31)(H,32,33). The zero-order valence-corrected chi connectivity index (χ0v) is 19.0. The first-order valence-corrected chi connectivity index (χ1v) is 11.5. The molecule has 7 heteroatoms. The fourth-order valence-electron chi connectivity index (χ4n) is 4.19. The van der Waals surface area contributed by atoms with Gasteiger partial charge < -0.3 is 15.2 Å². The van der Waals surface area contributed by atoms with Gasteiger partial charge in [0.25, 0.3) is 0 Å². The highest BCUT2D eigenvalue weighted by Crippen LogP contribution is 2.24. The quantitative estimate of drug-likeness (QED) is 0.524. The molecule has 1 heterocycles. The van der Waals surface area contributed by atoms with Crippen molar-refractivity contribution < 1.29 is 19.4 Å². The highest BCUT2D eigenvalue weighted by molar-refractivity contribution is 5.92. The Balaban J connectivity index is 1.29. The van der Waals surface area contributed by atoms with Gasteiger partial charge in [-0.05, 0) is 54.9 Å². The predicted molar refractivity (Wildman–Crippen MR) is 131 cm³/mol. The van der Waals surface area contributed by atoms with Crippen molar-refractivity contribution in [2.45, 2.75) is 12.5 Å². The van der Waals surface area contributed by atoms with Crippen molar-refractivity contribution in [3.8, 4) is 11.5 Å². The molecule has 1 aliphatic rings. The minimum Gasteiger partial charge on any atom is -0.480 e. The molecule has 3 aromatic carbocycles. The number of aliphatic carboxylic acids is 1. The van der Waals surface area contributed by atoms with Crippen LogP contribution >= 0.6 is 0 Å². The minimum absolute atomic E-state index is 0.0944. The normalized spacial score (nSPS) is 15.8. The Bertz CT molecular complexity index is 1070. The Morgan fingerprint density at radius 1 is 0.824 bits per heavy atom. The van der Waals surface area contributed by atoms with Gasteiger partial charge in [0.2, 0.25) is 5.91 Å². The van der Waals surface area contributed by atoms with Gasteiger partial charge in [-0.1, -0.05) is 48.5 Å². The number of carboxylic acids is 1. The minimum atomic E-state index is -0.850. The second-order valence-electron chi connectivity index (χ2n) is 8.30. The fourth-order valence-corrected chi connectivity index (χ4v) is 4.19. The van der Waals surface area contributed by atoms with E-state index in [2.05, 4.69) is 10.2 Å². The molecule has 0 aromatic heterocycles. The number of carbonyl (C=O) groups excluding carboxylic acids is 1. The number of amides is 1. The second-order valence-corrected chi connectivity index (χ2v) is 8.30. The Morgan fingerprint density at radius 3 is 2.15 bits per heavy atom. The summed E-state index contributed by atoms with van der Waals surface area (Å²) in [5.41, 5.74) is 1.48. The molecule has 4 rings (SSSR count). The van der Waals surface area contributed by atoms with E-state index < -0.39 is 12.0 Å². The highest BCUT2D eigenvalue weighted by Gasteiger charge is 2.29. The lowest BCUT2D eigenvalue weighted by Crippen LogP contribution is -2.39. The van der Waals surface area contributed by atoms with Crippen LogP contribution < -0.4 is 10.1 Å². The molecule has 1 unspecified atom stereocenters. The topological polar surface area (TPSA) is 82.1 Å². The van der Waals surface area contributed by atoms with E-state index in [1.54, 1.807) is 0 Å². The molecule has 0 spiro atoms. The lowest BCUT2D eigenvalue weighted by Gasteiger charge is -2.27. The number of carbonyl (C=O) groups is 2. The van der Waals surface area contributed by atoms with Crippen LogP contribution in [0.3, 0.4) is 0 Å². The van der Waals surface area contributed by atoms with Gasteiger partial charge in [-0.3, -0.25) is 19.4 Å². The van der Waals surface area contributed by atoms with E-state index in [0.29, 0.717) is 31.1 Å². The zero-order chi connectivity index (χ0) is 23.8. The van der Waals surface area contributed by atoms with Gasteiger partial charge in [0.15, 0.2) is 0 Å². The molecule has 1 aliphatic heterocycles. The third-order valence-corrected chi connectivity index (χ3v) is 5.82. The summed E-state index contributed by atoms with van der Waals surface area (Å²) >= 11 is 0. The monoisotopic (exact) mass is 459 g/mol. The molecular formula is C27H29N3O4. The van der Waals surface area contributed by atoms with E-state index in [4.69, 9.17) is 4.74 Å². The van der Waals surface area contributed by atoms with Gasteiger partial charge in [-0.2, -0.15) is 0 Å². The fraction of sp³-hybridized carbons (Fsp3) is 0.259. The first kappa shape index (κ1) is 23.5. The summed E-state index contributed by atoms with van der Waals surface area (Å²) < 4.78 is 5.78. The highest BCUT2D eigenvalue weighted by atomic mass is 16.5. The van der Waals surface area contributed by atoms with Gasteiger partial charge in [0.05, 0.1) is 6.54 Å². The average molecular weight is 460 g/mol. The van der Waals surface area contributed by atoms with E-state index in [1.807, 2.05) is 89.8 Å². The van der Waals surface area contributed by atoms with Crippen LogP contribution in [0.15, 0.2) is 84.9 Å². The van der Waals surface area contributed by atoms with E-state index in [1.165, 1.54) is 0 Å². The van der Waals surface area contributed by atoms with E-state index in [9.17, 15) is 14.7 Å². The lowest BCUT2D eigenvalue weighted by atomic mass is 10.1. The van der Waals surface area contributed by atoms with Crippen LogP contribution in [0.2, 0.25) is 0 Å². The number of nitrogens with one attached hydrogen (secondary N) is 1. The SMILES string of the molecule is O=C(CN1CCCN(C(C(=O)O)c2ccccc2)CC1)Nc1ccc(Oc2ccccc2)cc1. The summed E-state index contributed by atoms with van der Waals surface area (Å²) in [6.07, 6.45) is 0.801. The molecule has 1 amide bonds. The van der Waals surface area contributed by atoms with Crippen LogP contribution in [-0.4, -0.2) is 59.5 Å². The van der Waals surface area contributed by atoms with Crippen molar-refractivity contribution in [2.75, 3.05) is 38.0 Å². The summed E-state index contributed by atoms with van der Waals surface area (Å²) in [5, 5.41) is 12.8. The number of rotatable bonds is 8. The average Bonchev–Trinajstić information content (AvgIpc) is 3.07. The van der Waals surface area contributed by atoms with Crippen LogP contribution in [0.1, 0.15) is 18.0 Å². The molecule has 0 bridgehead atoms. The molecule has 3 aromatic rings. The molecule has 2 N–H and O–H groups in total. The molecule has 176 valence electrons. The Morgan fingerprint density at radius 2 is 1.47 bits per heavy atom. The smallest absolute Gasteiger partial charge is 0.325 e. The van der Waals surface area contributed by atoms with Crippen molar-refractivity contribution in [1.29, 1.82) is 0 Å². The van der Waals surface area contributed by atoms with Crippen LogP contribution in [0, 0.1) is 0 Å². The molecule has 0 aliphatic carbocycles. The number of ether oxygens (including phenoxy) is 1. The van der Waals surface area contributed by atoms with Gasteiger partial charge in [-0.25, -0.2) is 0 Å². The molecule has 7 nitrogen and oxygen atoms in total. The Kier molecular flexibility index (Phi) is 7.91. The summed E-state index contributed by atoms with van der Waals surface area (Å²) in [5.74, 6) is 0.509. The Labute approximate surface area is 199 Å². The summed E-state index contributed by atoms with van der Waals surface area (Å²) in [6, 6.07) is 25.4. The molecule has 1 fully saturated rings. The van der Waals surface area contributed by atoms with Crippen LogP contribution in [0.5, 0.6) is 11.5 Å². The summed E-state index contributed by atoms with van der Waals surface area (Å²) in [6.45, 7) is 2.90. The van der Waals surface area contributed by atoms with Crippen LogP contribution in [0.25, 0.3) is 0 Å². The summed E-state index contributed by atoms with van der Waals surface area (Å²) in [4.78, 5) is 28.7. The third kappa shape index (κ3) is 6.43. The number of benzene rings is 3. The first-order chi connectivity index (χ1) is 16.6. The van der Waals surface area contributed by atoms with Crippen LogP contribution in [0.4, 0.5) is 5.69 Å². The number of nitrogens with zero attached hydrogens (tertiary/aromatic N) is 2. The maximum Gasteiger partial charge on any atom is 0.325 e. The van der Waals surface area contributed by atoms with Crippen LogP contribution in [-0.2, 0) is 9.59 Å². The molecule has 34 heavy (non-hydrogen) atoms. The molecule has 0 radical (unpaired) electrons. The lowest BCUT2D eigenvalue weighted by molar-refractivity contribution is -0.143. The van der Waals surface area contributed by atoms with Crippen molar-refractivity contribution in [2.24, 2.45) is 0 Å². The van der Waals surface area contributed by atoms with E-state index in [0.717, 1.165) is 24.3 Å². The van der Waals surface area contributed by atoms with Crippen molar-refractivity contribution in [3.05, 3.63) is 90.5 Å². The molecule has 1 atom stereocenters. The van der Waals surface area contributed by atoms with Crippen molar-refractivity contribution in [3.63, 3.8) is 0 Å². The molecule has 0 saturated carbocycles. The summed E-state index contributed by atoms with van der Waals surface area (Å²) in [7, 11) is 0. The van der Waals surface area contributed by atoms with E-state index >= 15 is 0 Å². The van der Waals surface area contributed by atoms with Gasteiger partial charge >= 0.3 is 5.97 Å².